The molecule has 4 nitrogen and oxygen atoms in total. The number of aliphatic carboxylic acids is 1. The molecule has 1 unspecified atom stereocenters. The van der Waals surface area contributed by atoms with Gasteiger partial charge in [0.1, 0.15) is 17.3 Å². The minimum Gasteiger partial charge on any atom is -0.493 e. The number of hydrogen-bond acceptors (Lipinski definition) is 3. The quantitative estimate of drug-likeness (QED) is 0.278. The Balaban J connectivity index is 1.67. The molecule has 3 aromatic rings. The van der Waals surface area contributed by atoms with Crippen molar-refractivity contribution in [1.82, 2.24) is 0 Å². The van der Waals surface area contributed by atoms with Gasteiger partial charge in [0.2, 0.25) is 0 Å². The Kier molecular flexibility index (Phi) is 8.96. The zero-order chi connectivity index (χ0) is 26.3. The van der Waals surface area contributed by atoms with E-state index < -0.39 is 29.6 Å². The molecule has 0 saturated carbocycles. The highest BCUT2D eigenvalue weighted by Crippen LogP contribution is 2.38. The zero-order valence-corrected chi connectivity index (χ0v) is 20.1. The van der Waals surface area contributed by atoms with Gasteiger partial charge in [-0.3, -0.25) is 4.79 Å². The normalized spacial score (nSPS) is 12.3. The second-order valence-electron chi connectivity index (χ2n) is 8.46. The third kappa shape index (κ3) is 7.47. The number of benzene rings is 3. The largest absolute Gasteiger partial charge is 0.493 e. The van der Waals surface area contributed by atoms with E-state index in [2.05, 4.69) is 0 Å². The molecule has 0 saturated heterocycles. The fourth-order valence-corrected chi connectivity index (χ4v) is 3.82. The molecule has 0 fully saturated rings. The van der Waals surface area contributed by atoms with Crippen LogP contribution in [0.15, 0.2) is 60.7 Å². The van der Waals surface area contributed by atoms with Gasteiger partial charge in [0.05, 0.1) is 18.3 Å². The first-order valence-corrected chi connectivity index (χ1v) is 11.7. The van der Waals surface area contributed by atoms with E-state index >= 15 is 0 Å². The van der Waals surface area contributed by atoms with E-state index in [-0.39, 0.29) is 23.3 Å². The minimum atomic E-state index is -4.54. The molecular weight excluding hydrogens is 476 g/mol. The molecular formula is C28H28F4O4. The van der Waals surface area contributed by atoms with Crippen LogP contribution in [0.5, 0.6) is 11.5 Å². The summed E-state index contributed by atoms with van der Waals surface area (Å²) in [7, 11) is 0. The van der Waals surface area contributed by atoms with Gasteiger partial charge < -0.3 is 14.6 Å². The van der Waals surface area contributed by atoms with Gasteiger partial charge in [-0.2, -0.15) is 13.2 Å². The van der Waals surface area contributed by atoms with Gasteiger partial charge >= 0.3 is 12.1 Å². The van der Waals surface area contributed by atoms with Gasteiger partial charge in [0.15, 0.2) is 0 Å². The highest BCUT2D eigenvalue weighted by molar-refractivity contribution is 5.71. The molecule has 0 aliphatic rings. The second kappa shape index (κ2) is 11.9. The summed E-state index contributed by atoms with van der Waals surface area (Å²) in [6, 6.07) is 14.1. The van der Waals surface area contributed by atoms with Gasteiger partial charge in [0, 0.05) is 18.4 Å². The third-order valence-corrected chi connectivity index (χ3v) is 5.73. The highest BCUT2D eigenvalue weighted by Gasteiger charge is 2.31. The lowest BCUT2D eigenvalue weighted by atomic mass is 10.0. The number of carboxylic acids is 1. The Labute approximate surface area is 207 Å². The van der Waals surface area contributed by atoms with E-state index in [0.717, 1.165) is 29.7 Å². The smallest absolute Gasteiger partial charge is 0.416 e. The summed E-state index contributed by atoms with van der Waals surface area (Å²) in [5, 5.41) is 8.91. The average Bonchev–Trinajstić information content (AvgIpc) is 2.82. The SMILES string of the molecule is CCc1cc(OCCC(C)Oc2ccc(C(F)(F)F)cc2-c2cccc(F)c2)ccc1CCC(=O)O. The van der Waals surface area contributed by atoms with E-state index in [1.54, 1.807) is 13.0 Å². The Hall–Kier alpha value is -3.55. The van der Waals surface area contributed by atoms with Crippen molar-refractivity contribution >= 4 is 5.97 Å². The highest BCUT2D eigenvalue weighted by atomic mass is 19.4. The monoisotopic (exact) mass is 504 g/mol. The summed E-state index contributed by atoms with van der Waals surface area (Å²) >= 11 is 0. The molecule has 0 amide bonds. The van der Waals surface area contributed by atoms with Gasteiger partial charge in [0.25, 0.3) is 0 Å². The molecule has 0 aliphatic heterocycles. The van der Waals surface area contributed by atoms with Crippen molar-refractivity contribution in [3.63, 3.8) is 0 Å². The van der Waals surface area contributed by atoms with Crippen molar-refractivity contribution in [3.8, 4) is 22.6 Å². The lowest BCUT2D eigenvalue weighted by molar-refractivity contribution is -0.138. The maximum atomic E-state index is 13.8. The summed E-state index contributed by atoms with van der Waals surface area (Å²) in [4.78, 5) is 10.8. The summed E-state index contributed by atoms with van der Waals surface area (Å²) in [5.41, 5.74) is 1.58. The predicted octanol–water partition coefficient (Wildman–Crippen LogP) is 7.33. The fourth-order valence-electron chi connectivity index (χ4n) is 3.82. The Morgan fingerprint density at radius 3 is 2.47 bits per heavy atom. The number of aryl methyl sites for hydroxylation is 2. The van der Waals surface area contributed by atoms with E-state index in [1.165, 1.54) is 30.3 Å². The van der Waals surface area contributed by atoms with Crippen molar-refractivity contribution in [2.75, 3.05) is 6.61 Å². The Bertz CT molecular complexity index is 1190. The summed E-state index contributed by atoms with van der Waals surface area (Å²) < 4.78 is 65.4. The van der Waals surface area contributed by atoms with Crippen molar-refractivity contribution in [2.45, 2.75) is 51.8 Å². The molecule has 1 atom stereocenters. The molecule has 1 N–H and O–H groups in total. The number of ether oxygens (including phenoxy) is 2. The van der Waals surface area contributed by atoms with Gasteiger partial charge in [-0.15, -0.1) is 0 Å². The minimum absolute atomic E-state index is 0.0591. The zero-order valence-electron chi connectivity index (χ0n) is 20.1. The van der Waals surface area contributed by atoms with Crippen molar-refractivity contribution in [3.05, 3.63) is 83.2 Å². The fraction of sp³-hybridized carbons (Fsp3) is 0.321. The summed E-state index contributed by atoms with van der Waals surface area (Å²) in [6.45, 7) is 4.07. The molecule has 0 aromatic heterocycles. The standard InChI is InChI=1S/C28H28F4O4/c1-3-19-16-24(10-7-20(19)8-12-27(33)34)35-14-13-18(2)36-26-11-9-22(28(30,31)32)17-25(26)21-5-4-6-23(29)15-21/h4-7,9-11,15-18H,3,8,12-14H2,1-2H3,(H,33,34). The van der Waals surface area contributed by atoms with Crippen LogP contribution in [0.4, 0.5) is 17.6 Å². The molecule has 0 bridgehead atoms. The van der Waals surface area contributed by atoms with Crippen molar-refractivity contribution in [2.24, 2.45) is 0 Å². The number of carbonyl (C=O) groups is 1. The maximum absolute atomic E-state index is 13.8. The lowest BCUT2D eigenvalue weighted by Gasteiger charge is -2.19. The molecule has 3 aromatic carbocycles. The van der Waals surface area contributed by atoms with Crippen molar-refractivity contribution < 1.29 is 36.9 Å². The van der Waals surface area contributed by atoms with E-state index in [9.17, 15) is 22.4 Å². The van der Waals surface area contributed by atoms with Crippen LogP contribution in [-0.4, -0.2) is 23.8 Å². The van der Waals surface area contributed by atoms with Crippen molar-refractivity contribution in [1.29, 1.82) is 0 Å². The molecule has 3 rings (SSSR count). The Morgan fingerprint density at radius 2 is 1.81 bits per heavy atom. The molecule has 0 radical (unpaired) electrons. The van der Waals surface area contributed by atoms with Crippen LogP contribution in [0.25, 0.3) is 11.1 Å². The molecule has 0 aliphatic carbocycles. The van der Waals surface area contributed by atoms with Gasteiger partial charge in [-0.25, -0.2) is 4.39 Å². The van der Waals surface area contributed by atoms with Crippen LogP contribution in [-0.2, 0) is 23.8 Å². The predicted molar refractivity (Wildman–Crippen MR) is 129 cm³/mol. The maximum Gasteiger partial charge on any atom is 0.416 e. The van der Waals surface area contributed by atoms with Gasteiger partial charge in [-0.1, -0.05) is 25.1 Å². The number of rotatable bonds is 11. The van der Waals surface area contributed by atoms with Crippen LogP contribution < -0.4 is 9.47 Å². The van der Waals surface area contributed by atoms with Crippen LogP contribution in [0, 0.1) is 5.82 Å². The van der Waals surface area contributed by atoms with Crippen LogP contribution >= 0.6 is 0 Å². The number of carboxylic acid groups (broad SMARTS) is 1. The average molecular weight is 505 g/mol. The second-order valence-corrected chi connectivity index (χ2v) is 8.46. The number of hydrogen-bond donors (Lipinski definition) is 1. The molecule has 8 heteroatoms. The number of halogens is 4. The molecule has 0 spiro atoms. The van der Waals surface area contributed by atoms with E-state index in [0.29, 0.717) is 25.2 Å². The lowest BCUT2D eigenvalue weighted by Crippen LogP contribution is -2.16. The van der Waals surface area contributed by atoms with Gasteiger partial charge in [-0.05, 0) is 78.9 Å². The Morgan fingerprint density at radius 1 is 1.03 bits per heavy atom. The first kappa shape index (κ1) is 27.0. The van der Waals surface area contributed by atoms with E-state index in [4.69, 9.17) is 14.6 Å². The molecule has 0 heterocycles. The first-order valence-electron chi connectivity index (χ1n) is 11.7. The summed E-state index contributed by atoms with van der Waals surface area (Å²) in [6.07, 6.45) is -3.24. The van der Waals surface area contributed by atoms with E-state index in [1.807, 2.05) is 19.1 Å². The first-order chi connectivity index (χ1) is 17.1. The molecule has 192 valence electrons. The topological polar surface area (TPSA) is 55.8 Å². The summed E-state index contributed by atoms with van der Waals surface area (Å²) in [5.74, 6) is -0.539. The third-order valence-electron chi connectivity index (χ3n) is 5.73. The number of alkyl halides is 3. The van der Waals surface area contributed by atoms with Crippen LogP contribution in [0.1, 0.15) is 43.4 Å². The molecule has 36 heavy (non-hydrogen) atoms. The van der Waals surface area contributed by atoms with Crippen LogP contribution in [0.3, 0.4) is 0 Å². The van der Waals surface area contributed by atoms with Crippen LogP contribution in [0.2, 0.25) is 0 Å².